The highest BCUT2D eigenvalue weighted by molar-refractivity contribution is 6.18. The molecule has 0 aliphatic heterocycles. The van der Waals surface area contributed by atoms with E-state index in [-0.39, 0.29) is 11.6 Å². The molecule has 0 bridgehead atoms. The first-order valence-corrected chi connectivity index (χ1v) is 13.0. The van der Waals surface area contributed by atoms with Gasteiger partial charge in [0.1, 0.15) is 11.6 Å². The molecule has 3 heteroatoms. The number of rotatable bonds is 3. The molecule has 1 aliphatic carbocycles. The van der Waals surface area contributed by atoms with Crippen LogP contribution in [0.2, 0.25) is 0 Å². The van der Waals surface area contributed by atoms with Crippen molar-refractivity contribution in [3.05, 3.63) is 139 Å². The summed E-state index contributed by atoms with van der Waals surface area (Å²) in [5, 5.41) is 3.44. The molecular formula is C36H21F2N. The molecule has 0 N–H and O–H groups in total. The van der Waals surface area contributed by atoms with Gasteiger partial charge in [-0.2, -0.15) is 0 Å². The Morgan fingerprint density at radius 3 is 1.72 bits per heavy atom. The quantitative estimate of drug-likeness (QED) is 0.225. The molecule has 0 amide bonds. The third-order valence-corrected chi connectivity index (χ3v) is 7.89. The van der Waals surface area contributed by atoms with E-state index >= 15 is 0 Å². The molecular weight excluding hydrogens is 484 g/mol. The lowest BCUT2D eigenvalue weighted by Crippen LogP contribution is -1.99. The molecule has 1 aliphatic rings. The van der Waals surface area contributed by atoms with Crippen molar-refractivity contribution in [1.29, 1.82) is 0 Å². The summed E-state index contributed by atoms with van der Waals surface area (Å²) in [6.07, 6.45) is 0. The highest BCUT2D eigenvalue weighted by Gasteiger charge is 2.26. The van der Waals surface area contributed by atoms with Crippen molar-refractivity contribution in [1.82, 2.24) is 4.57 Å². The zero-order valence-electron chi connectivity index (χ0n) is 20.8. The standard InChI is InChI=1S/C36H21F2N/c37-24-16-12-22(13-17-24)34-30-8-3-4-11-32(30)39(36(34)23-14-18-25(38)19-15-23)33-21-20-29-27-7-2-1-6-26(27)28-9-5-10-31(33)35(28)29/h1-21H. The van der Waals surface area contributed by atoms with Gasteiger partial charge in [-0.1, -0.05) is 78.9 Å². The molecule has 0 fully saturated rings. The van der Waals surface area contributed by atoms with Gasteiger partial charge in [-0.25, -0.2) is 8.78 Å². The Morgan fingerprint density at radius 1 is 0.436 bits per heavy atom. The van der Waals surface area contributed by atoms with Gasteiger partial charge in [-0.05, 0) is 87.3 Å². The van der Waals surface area contributed by atoms with Gasteiger partial charge < -0.3 is 4.57 Å². The van der Waals surface area contributed by atoms with Crippen LogP contribution in [0.25, 0.3) is 72.0 Å². The molecule has 0 radical (unpaired) electrons. The van der Waals surface area contributed by atoms with Gasteiger partial charge in [0.05, 0.1) is 16.9 Å². The predicted molar refractivity (Wildman–Crippen MR) is 156 cm³/mol. The third-order valence-electron chi connectivity index (χ3n) is 7.89. The van der Waals surface area contributed by atoms with E-state index in [0.29, 0.717) is 0 Å². The number of halogens is 2. The van der Waals surface area contributed by atoms with Crippen molar-refractivity contribution in [2.75, 3.05) is 0 Å². The Hall–Kier alpha value is -5.02. The number of para-hydroxylation sites is 1. The Kier molecular flexibility index (Phi) is 4.65. The van der Waals surface area contributed by atoms with Crippen LogP contribution in [-0.2, 0) is 0 Å². The first-order valence-electron chi connectivity index (χ1n) is 13.0. The van der Waals surface area contributed by atoms with Crippen LogP contribution in [-0.4, -0.2) is 4.57 Å². The molecule has 0 spiro atoms. The first-order chi connectivity index (χ1) is 19.2. The normalized spacial score (nSPS) is 11.8. The Bertz CT molecular complexity index is 2040. The van der Waals surface area contributed by atoms with Crippen LogP contribution < -0.4 is 0 Å². The topological polar surface area (TPSA) is 4.93 Å². The minimum atomic E-state index is -0.284. The lowest BCUT2D eigenvalue weighted by molar-refractivity contribution is 0.627. The highest BCUT2D eigenvalue weighted by atomic mass is 19.1. The Balaban J connectivity index is 1.53. The minimum Gasteiger partial charge on any atom is -0.308 e. The van der Waals surface area contributed by atoms with Crippen LogP contribution in [0.5, 0.6) is 0 Å². The molecule has 184 valence electrons. The van der Waals surface area contributed by atoms with E-state index in [1.165, 1.54) is 51.9 Å². The van der Waals surface area contributed by atoms with E-state index in [2.05, 4.69) is 71.3 Å². The second-order valence-corrected chi connectivity index (χ2v) is 10.00. The minimum absolute atomic E-state index is 0.280. The molecule has 0 saturated carbocycles. The second kappa shape index (κ2) is 8.24. The van der Waals surface area contributed by atoms with Crippen molar-refractivity contribution in [2.24, 2.45) is 0 Å². The molecule has 1 aromatic heterocycles. The second-order valence-electron chi connectivity index (χ2n) is 10.00. The fraction of sp³-hybridized carbons (Fsp3) is 0. The summed E-state index contributed by atoms with van der Waals surface area (Å²) in [6, 6.07) is 41.0. The maximum absolute atomic E-state index is 14.1. The Labute approximate surface area is 224 Å². The highest BCUT2D eigenvalue weighted by Crippen LogP contribution is 2.50. The van der Waals surface area contributed by atoms with E-state index in [9.17, 15) is 8.78 Å². The van der Waals surface area contributed by atoms with Gasteiger partial charge in [0, 0.05) is 16.3 Å². The van der Waals surface area contributed by atoms with Gasteiger partial charge in [-0.3, -0.25) is 0 Å². The lowest BCUT2D eigenvalue weighted by atomic mass is 9.98. The largest absolute Gasteiger partial charge is 0.308 e. The smallest absolute Gasteiger partial charge is 0.123 e. The number of benzene rings is 6. The maximum Gasteiger partial charge on any atom is 0.123 e. The van der Waals surface area contributed by atoms with E-state index in [4.69, 9.17) is 0 Å². The summed E-state index contributed by atoms with van der Waals surface area (Å²) in [6.45, 7) is 0. The van der Waals surface area contributed by atoms with Crippen molar-refractivity contribution in [3.63, 3.8) is 0 Å². The maximum atomic E-state index is 14.1. The predicted octanol–water partition coefficient (Wildman–Crippen LogP) is 10.0. The van der Waals surface area contributed by atoms with Gasteiger partial charge in [-0.15, -0.1) is 0 Å². The van der Waals surface area contributed by atoms with Crippen LogP contribution in [0, 0.1) is 11.6 Å². The number of nitrogens with zero attached hydrogens (tertiary/aromatic N) is 1. The van der Waals surface area contributed by atoms with Crippen LogP contribution in [0.1, 0.15) is 0 Å². The average molecular weight is 506 g/mol. The summed E-state index contributed by atoms with van der Waals surface area (Å²) in [7, 11) is 0. The average Bonchev–Trinajstić information content (AvgIpc) is 3.49. The number of hydrogen-bond acceptors (Lipinski definition) is 0. The van der Waals surface area contributed by atoms with Crippen molar-refractivity contribution in [3.8, 4) is 50.3 Å². The number of fused-ring (bicyclic) bond motifs is 4. The molecule has 1 nitrogen and oxygen atoms in total. The fourth-order valence-electron chi connectivity index (χ4n) is 6.27. The lowest BCUT2D eigenvalue weighted by Gasteiger charge is -2.17. The van der Waals surface area contributed by atoms with Gasteiger partial charge >= 0.3 is 0 Å². The molecule has 0 atom stereocenters. The monoisotopic (exact) mass is 505 g/mol. The van der Waals surface area contributed by atoms with Gasteiger partial charge in [0.25, 0.3) is 0 Å². The molecule has 1 heterocycles. The van der Waals surface area contributed by atoms with Crippen molar-refractivity contribution < 1.29 is 8.78 Å². The Morgan fingerprint density at radius 2 is 1.00 bits per heavy atom. The fourth-order valence-corrected chi connectivity index (χ4v) is 6.27. The van der Waals surface area contributed by atoms with Crippen LogP contribution in [0.4, 0.5) is 8.78 Å². The van der Waals surface area contributed by atoms with Gasteiger partial charge in [0.2, 0.25) is 0 Å². The SMILES string of the molecule is Fc1ccc(-c2c(-c3ccc(F)cc3)n(-c3ccc4c5c(cccc35)-c3ccccc3-4)c3ccccc23)cc1. The third kappa shape index (κ3) is 3.17. The van der Waals surface area contributed by atoms with E-state index < -0.39 is 0 Å². The zero-order valence-corrected chi connectivity index (χ0v) is 20.8. The van der Waals surface area contributed by atoms with Crippen LogP contribution in [0.15, 0.2) is 127 Å². The van der Waals surface area contributed by atoms with Crippen molar-refractivity contribution >= 4 is 21.7 Å². The summed E-state index contributed by atoms with van der Waals surface area (Å²) in [4.78, 5) is 0. The first kappa shape index (κ1) is 22.0. The number of aromatic nitrogens is 1. The zero-order chi connectivity index (χ0) is 26.1. The molecule has 39 heavy (non-hydrogen) atoms. The van der Waals surface area contributed by atoms with Gasteiger partial charge in [0.15, 0.2) is 0 Å². The molecule has 7 aromatic rings. The molecule has 0 unspecified atom stereocenters. The molecule has 8 rings (SSSR count). The summed E-state index contributed by atoms with van der Waals surface area (Å²) < 4.78 is 30.3. The summed E-state index contributed by atoms with van der Waals surface area (Å²) in [5.74, 6) is -0.564. The van der Waals surface area contributed by atoms with E-state index in [0.717, 1.165) is 44.4 Å². The van der Waals surface area contributed by atoms with Crippen LogP contribution >= 0.6 is 0 Å². The summed E-state index contributed by atoms with van der Waals surface area (Å²) >= 11 is 0. The molecule has 6 aromatic carbocycles. The molecule has 0 saturated heterocycles. The van der Waals surface area contributed by atoms with E-state index in [1.54, 1.807) is 0 Å². The van der Waals surface area contributed by atoms with Crippen molar-refractivity contribution in [2.45, 2.75) is 0 Å². The summed E-state index contributed by atoms with van der Waals surface area (Å²) in [5.41, 5.74) is 10.8. The van der Waals surface area contributed by atoms with Crippen LogP contribution in [0.3, 0.4) is 0 Å². The number of hydrogen-bond donors (Lipinski definition) is 0. The van der Waals surface area contributed by atoms with E-state index in [1.807, 2.05) is 36.4 Å².